The highest BCUT2D eigenvalue weighted by Gasteiger charge is 2.23. The fourth-order valence-corrected chi connectivity index (χ4v) is 4.36. The number of hydrogen-bond acceptors (Lipinski definition) is 4. The van der Waals surface area contributed by atoms with Crippen molar-refractivity contribution in [2.24, 2.45) is 4.99 Å². The average Bonchev–Trinajstić information content (AvgIpc) is 2.59. The van der Waals surface area contributed by atoms with E-state index in [4.69, 9.17) is 0 Å². The highest BCUT2D eigenvalue weighted by atomic mass is 32.2. The Morgan fingerprint density at radius 3 is 2.63 bits per heavy atom. The molecule has 1 atom stereocenters. The largest absolute Gasteiger partial charge is 0.369 e. The molecule has 1 heterocycles. The summed E-state index contributed by atoms with van der Waals surface area (Å²) in [5, 5.41) is 6.78. The van der Waals surface area contributed by atoms with E-state index in [-0.39, 0.29) is 0 Å². The van der Waals surface area contributed by atoms with Crippen LogP contribution in [0, 0.1) is 0 Å². The molecule has 8 heteroatoms. The van der Waals surface area contributed by atoms with Crippen LogP contribution in [-0.4, -0.2) is 58.4 Å². The second-order valence-corrected chi connectivity index (χ2v) is 9.47. The number of piperidine rings is 1. The number of nitrogens with zero attached hydrogens (tertiary/aromatic N) is 2. The van der Waals surface area contributed by atoms with E-state index in [9.17, 15) is 8.42 Å². The van der Waals surface area contributed by atoms with Crippen LogP contribution in [0.1, 0.15) is 33.6 Å². The van der Waals surface area contributed by atoms with Crippen molar-refractivity contribution in [3.8, 4) is 0 Å². The van der Waals surface area contributed by atoms with Crippen molar-refractivity contribution in [3.05, 3.63) is 30.3 Å². The molecule has 1 fully saturated rings. The van der Waals surface area contributed by atoms with Crippen LogP contribution in [-0.2, 0) is 10.0 Å². The van der Waals surface area contributed by atoms with Gasteiger partial charge in [0, 0.05) is 36.9 Å². The first-order valence-electron chi connectivity index (χ1n) is 9.52. The molecular weight excluding hydrogens is 362 g/mol. The van der Waals surface area contributed by atoms with E-state index >= 15 is 0 Å². The van der Waals surface area contributed by atoms with Crippen LogP contribution in [0.3, 0.4) is 0 Å². The quantitative estimate of drug-likeness (QED) is 0.482. The topological polar surface area (TPSA) is 85.8 Å². The number of para-hydroxylation sites is 1. The molecule has 0 spiro atoms. The zero-order valence-electron chi connectivity index (χ0n) is 16.8. The van der Waals surface area contributed by atoms with Crippen LogP contribution < -0.4 is 20.3 Å². The summed E-state index contributed by atoms with van der Waals surface area (Å²) >= 11 is 0. The number of guanidine groups is 1. The molecule has 2 rings (SSSR count). The predicted molar refractivity (Wildman–Crippen MR) is 113 cm³/mol. The van der Waals surface area contributed by atoms with Crippen molar-refractivity contribution in [3.63, 3.8) is 0 Å². The van der Waals surface area contributed by atoms with Crippen molar-refractivity contribution in [1.82, 2.24) is 15.4 Å². The average molecular weight is 396 g/mol. The second-order valence-electron chi connectivity index (χ2n) is 7.72. The Bertz CT molecular complexity index is 719. The van der Waals surface area contributed by atoms with Gasteiger partial charge in [0.05, 0.1) is 12.8 Å². The zero-order valence-corrected chi connectivity index (χ0v) is 17.6. The van der Waals surface area contributed by atoms with Gasteiger partial charge in [-0.25, -0.2) is 13.1 Å². The SMILES string of the molecule is CCNC(=NCC(C)(C)NS(C)(=O)=O)NC1CCCN(c2ccccc2)C1. The summed E-state index contributed by atoms with van der Waals surface area (Å²) in [5.41, 5.74) is 0.600. The van der Waals surface area contributed by atoms with Crippen molar-refractivity contribution in [2.45, 2.75) is 45.2 Å². The zero-order chi connectivity index (χ0) is 19.9. The Morgan fingerprint density at radius 1 is 1.30 bits per heavy atom. The Labute approximate surface area is 163 Å². The number of aliphatic imine (C=N–C) groups is 1. The Balaban J connectivity index is 2.00. The molecule has 3 N–H and O–H groups in total. The molecule has 1 aliphatic rings. The van der Waals surface area contributed by atoms with Crippen molar-refractivity contribution in [2.75, 3.05) is 37.3 Å². The summed E-state index contributed by atoms with van der Waals surface area (Å²) in [6.07, 6.45) is 3.37. The lowest BCUT2D eigenvalue weighted by Gasteiger charge is -2.35. The third-order valence-electron chi connectivity index (χ3n) is 4.32. The van der Waals surface area contributed by atoms with Crippen LogP contribution in [0.4, 0.5) is 5.69 Å². The van der Waals surface area contributed by atoms with E-state index in [1.165, 1.54) is 11.9 Å². The van der Waals surface area contributed by atoms with Gasteiger partial charge in [-0.2, -0.15) is 0 Å². The van der Waals surface area contributed by atoms with Gasteiger partial charge in [-0.05, 0) is 45.7 Å². The van der Waals surface area contributed by atoms with Gasteiger partial charge >= 0.3 is 0 Å². The molecule has 0 saturated carbocycles. The first-order valence-corrected chi connectivity index (χ1v) is 11.4. The number of nitrogens with one attached hydrogen (secondary N) is 3. The van der Waals surface area contributed by atoms with E-state index in [0.717, 1.165) is 38.4 Å². The lowest BCUT2D eigenvalue weighted by molar-refractivity contribution is 0.454. The van der Waals surface area contributed by atoms with Gasteiger partial charge in [0.1, 0.15) is 0 Å². The number of rotatable bonds is 7. The number of sulfonamides is 1. The maximum Gasteiger partial charge on any atom is 0.209 e. The van der Waals surface area contributed by atoms with Gasteiger partial charge in [0.15, 0.2) is 5.96 Å². The minimum absolute atomic E-state index is 0.294. The molecule has 27 heavy (non-hydrogen) atoms. The van der Waals surface area contributed by atoms with Gasteiger partial charge in [-0.15, -0.1) is 0 Å². The third kappa shape index (κ3) is 7.76. The van der Waals surface area contributed by atoms with E-state index < -0.39 is 15.6 Å². The first-order chi connectivity index (χ1) is 12.7. The lowest BCUT2D eigenvalue weighted by atomic mass is 10.0. The fraction of sp³-hybridized carbons (Fsp3) is 0.632. The van der Waals surface area contributed by atoms with Gasteiger partial charge < -0.3 is 15.5 Å². The third-order valence-corrected chi connectivity index (χ3v) is 5.25. The second kappa shape index (κ2) is 9.41. The number of benzene rings is 1. The predicted octanol–water partition coefficient (Wildman–Crippen LogP) is 1.54. The number of anilines is 1. The highest BCUT2D eigenvalue weighted by molar-refractivity contribution is 7.88. The maximum absolute atomic E-state index is 11.5. The van der Waals surface area contributed by atoms with Gasteiger partial charge in [-0.1, -0.05) is 18.2 Å². The molecule has 1 aromatic rings. The lowest BCUT2D eigenvalue weighted by Crippen LogP contribution is -2.52. The molecule has 1 aromatic carbocycles. The molecular formula is C19H33N5O2S. The molecule has 0 aromatic heterocycles. The van der Waals surface area contributed by atoms with Crippen molar-refractivity contribution in [1.29, 1.82) is 0 Å². The van der Waals surface area contributed by atoms with E-state index in [2.05, 4.69) is 49.5 Å². The smallest absolute Gasteiger partial charge is 0.209 e. The monoisotopic (exact) mass is 395 g/mol. The molecule has 0 aliphatic carbocycles. The molecule has 7 nitrogen and oxygen atoms in total. The fourth-order valence-electron chi connectivity index (χ4n) is 3.29. The Hall–Kier alpha value is -1.80. The summed E-state index contributed by atoms with van der Waals surface area (Å²) in [4.78, 5) is 7.00. The Kier molecular flexibility index (Phi) is 7.49. The Morgan fingerprint density at radius 2 is 2.00 bits per heavy atom. The standard InChI is InChI=1S/C19H33N5O2S/c1-5-20-18(21-15-19(2,3)23-27(4,25)26)22-16-10-9-13-24(14-16)17-11-7-6-8-12-17/h6-8,11-12,16,23H,5,9-10,13-15H2,1-4H3,(H2,20,21,22). The maximum atomic E-state index is 11.5. The van der Waals surface area contributed by atoms with E-state index in [1.807, 2.05) is 26.8 Å². The van der Waals surface area contributed by atoms with Crippen LogP contribution in [0.25, 0.3) is 0 Å². The minimum Gasteiger partial charge on any atom is -0.369 e. The molecule has 0 radical (unpaired) electrons. The summed E-state index contributed by atoms with van der Waals surface area (Å²) in [7, 11) is -3.27. The molecule has 1 unspecified atom stereocenters. The van der Waals surface area contributed by atoms with Crippen molar-refractivity contribution < 1.29 is 8.42 Å². The molecule has 1 saturated heterocycles. The van der Waals surface area contributed by atoms with Gasteiger partial charge in [0.2, 0.25) is 10.0 Å². The summed E-state index contributed by atoms with van der Waals surface area (Å²) in [5.74, 6) is 0.723. The minimum atomic E-state index is -3.27. The molecule has 152 valence electrons. The normalized spacial score (nSPS) is 19.0. The highest BCUT2D eigenvalue weighted by Crippen LogP contribution is 2.19. The van der Waals surface area contributed by atoms with E-state index in [0.29, 0.717) is 12.6 Å². The molecule has 1 aliphatic heterocycles. The van der Waals surface area contributed by atoms with Crippen LogP contribution >= 0.6 is 0 Å². The molecule has 0 amide bonds. The van der Waals surface area contributed by atoms with E-state index in [1.54, 1.807) is 0 Å². The first kappa shape index (κ1) is 21.5. The number of hydrogen-bond donors (Lipinski definition) is 3. The molecule has 0 bridgehead atoms. The summed E-state index contributed by atoms with van der Waals surface area (Å²) in [6, 6.07) is 10.7. The van der Waals surface area contributed by atoms with Crippen LogP contribution in [0.15, 0.2) is 35.3 Å². The van der Waals surface area contributed by atoms with Gasteiger partial charge in [0.25, 0.3) is 0 Å². The van der Waals surface area contributed by atoms with Crippen molar-refractivity contribution >= 4 is 21.7 Å². The summed E-state index contributed by atoms with van der Waals surface area (Å²) < 4.78 is 25.6. The van der Waals surface area contributed by atoms with Crippen LogP contribution in [0.2, 0.25) is 0 Å². The van der Waals surface area contributed by atoms with Gasteiger partial charge in [-0.3, -0.25) is 4.99 Å². The summed E-state index contributed by atoms with van der Waals surface area (Å²) in [6.45, 7) is 8.76. The van der Waals surface area contributed by atoms with Crippen LogP contribution in [0.5, 0.6) is 0 Å².